The zero-order valence-corrected chi connectivity index (χ0v) is 16.9. The van der Waals surface area contributed by atoms with Gasteiger partial charge in [0.25, 0.3) is 5.91 Å². The highest BCUT2D eigenvalue weighted by Crippen LogP contribution is 2.33. The molecule has 0 radical (unpaired) electrons. The molecule has 1 aliphatic carbocycles. The molecule has 0 unspecified atom stereocenters. The Labute approximate surface area is 175 Å². The third-order valence-electron chi connectivity index (χ3n) is 5.70. The van der Waals surface area contributed by atoms with Crippen LogP contribution in [-0.2, 0) is 16.1 Å². The summed E-state index contributed by atoms with van der Waals surface area (Å²) in [4.78, 5) is 38.2. The van der Waals surface area contributed by atoms with Crippen LogP contribution in [0.5, 0.6) is 11.5 Å². The number of carbonyl (C=O) groups excluding carboxylic acids is 3. The van der Waals surface area contributed by atoms with E-state index in [2.05, 4.69) is 16.7 Å². The fourth-order valence-corrected chi connectivity index (χ4v) is 4.00. The second-order valence-corrected chi connectivity index (χ2v) is 7.86. The molecule has 2 aliphatic heterocycles. The second kappa shape index (κ2) is 9.19. The molecule has 2 N–H and O–H groups in total. The van der Waals surface area contributed by atoms with Gasteiger partial charge in [0.05, 0.1) is 6.54 Å². The van der Waals surface area contributed by atoms with Crippen LogP contribution in [0.25, 0.3) is 0 Å². The Morgan fingerprint density at radius 2 is 2.07 bits per heavy atom. The van der Waals surface area contributed by atoms with Crippen molar-refractivity contribution in [2.45, 2.75) is 57.5 Å². The zero-order chi connectivity index (χ0) is 20.9. The number of ether oxygens (including phenoxy) is 2. The number of urea groups is 1. The number of nitrogens with zero attached hydrogens (tertiary/aromatic N) is 1. The number of hydrogen-bond donors (Lipinski definition) is 2. The average Bonchev–Trinajstić information content (AvgIpc) is 3.32. The number of amides is 4. The number of fused-ring (bicyclic) bond motifs is 1. The summed E-state index contributed by atoms with van der Waals surface area (Å²) < 4.78 is 10.6. The Morgan fingerprint density at radius 1 is 1.20 bits per heavy atom. The molecule has 8 nitrogen and oxygen atoms in total. The number of nitrogens with one attached hydrogen (secondary N) is 2. The van der Waals surface area contributed by atoms with E-state index in [4.69, 9.17) is 9.47 Å². The summed E-state index contributed by atoms with van der Waals surface area (Å²) in [5.74, 6) is 0.858. The van der Waals surface area contributed by atoms with Gasteiger partial charge >= 0.3 is 6.03 Å². The summed E-state index contributed by atoms with van der Waals surface area (Å²) >= 11 is 0. The molecule has 1 fully saturated rings. The number of benzene rings is 1. The summed E-state index contributed by atoms with van der Waals surface area (Å²) in [5, 5.41) is 5.59. The smallest absolute Gasteiger partial charge is 0.325 e. The lowest BCUT2D eigenvalue weighted by atomic mass is 9.97. The zero-order valence-electron chi connectivity index (χ0n) is 16.9. The fraction of sp³-hybridized carbons (Fsp3) is 0.500. The van der Waals surface area contributed by atoms with Crippen LogP contribution in [0.1, 0.15) is 50.5 Å². The van der Waals surface area contributed by atoms with Crippen LogP contribution in [0.15, 0.2) is 29.8 Å². The van der Waals surface area contributed by atoms with E-state index in [-0.39, 0.29) is 38.0 Å². The van der Waals surface area contributed by atoms with Gasteiger partial charge in [0.2, 0.25) is 12.7 Å². The first-order chi connectivity index (χ1) is 14.6. The van der Waals surface area contributed by atoms with Gasteiger partial charge in [0.15, 0.2) is 11.5 Å². The first kappa shape index (κ1) is 20.3. The molecule has 160 valence electrons. The van der Waals surface area contributed by atoms with E-state index in [1.165, 1.54) is 23.3 Å². The van der Waals surface area contributed by atoms with Crippen molar-refractivity contribution in [1.82, 2.24) is 15.5 Å². The molecular formula is C22H27N3O5. The van der Waals surface area contributed by atoms with Crippen molar-refractivity contribution < 1.29 is 23.9 Å². The summed E-state index contributed by atoms with van der Waals surface area (Å²) in [6, 6.07) is 4.23. The first-order valence-corrected chi connectivity index (χ1v) is 10.5. The highest BCUT2D eigenvalue weighted by molar-refractivity contribution is 6.04. The number of hydrogen-bond acceptors (Lipinski definition) is 5. The lowest BCUT2D eigenvalue weighted by molar-refractivity contribution is -0.128. The maximum atomic E-state index is 12.6. The molecule has 1 saturated heterocycles. The lowest BCUT2D eigenvalue weighted by Crippen LogP contribution is -2.32. The largest absolute Gasteiger partial charge is 0.454 e. The predicted molar refractivity (Wildman–Crippen MR) is 109 cm³/mol. The van der Waals surface area contributed by atoms with Crippen molar-refractivity contribution in [3.8, 4) is 11.5 Å². The highest BCUT2D eigenvalue weighted by atomic mass is 16.7. The van der Waals surface area contributed by atoms with Crippen LogP contribution in [0.4, 0.5) is 4.79 Å². The molecule has 30 heavy (non-hydrogen) atoms. The predicted octanol–water partition coefficient (Wildman–Crippen LogP) is 2.62. The van der Waals surface area contributed by atoms with E-state index in [9.17, 15) is 14.4 Å². The summed E-state index contributed by atoms with van der Waals surface area (Å²) in [6.07, 6.45) is 8.39. The van der Waals surface area contributed by atoms with Gasteiger partial charge in [-0.25, -0.2) is 4.79 Å². The van der Waals surface area contributed by atoms with Gasteiger partial charge in [-0.15, -0.1) is 0 Å². The molecule has 0 bridgehead atoms. The first-order valence-electron chi connectivity index (χ1n) is 10.5. The Hall–Kier alpha value is -3.03. The van der Waals surface area contributed by atoms with Crippen molar-refractivity contribution >= 4 is 17.8 Å². The summed E-state index contributed by atoms with van der Waals surface area (Å²) in [5.41, 5.74) is 2.19. The second-order valence-electron chi connectivity index (χ2n) is 7.86. The van der Waals surface area contributed by atoms with E-state index in [1.54, 1.807) is 18.2 Å². The lowest BCUT2D eigenvalue weighted by Gasteiger charge is -2.14. The molecule has 2 heterocycles. The monoisotopic (exact) mass is 413 g/mol. The van der Waals surface area contributed by atoms with Crippen molar-refractivity contribution in [2.24, 2.45) is 0 Å². The molecule has 0 aromatic heterocycles. The van der Waals surface area contributed by atoms with Crippen molar-refractivity contribution in [2.75, 3.05) is 13.3 Å². The third kappa shape index (κ3) is 4.75. The van der Waals surface area contributed by atoms with Gasteiger partial charge in [-0.1, -0.05) is 17.7 Å². The standard InChI is InChI=1S/C22H27N3O5/c26-20(23-11-10-15-4-2-1-3-5-15)9-7-17-21(27)25(22(28)24-17)13-16-6-8-18-19(12-16)30-14-29-18/h4,6,8,12,17H,1-3,5,7,9-11,13-14H2,(H,23,26)(H,24,28)/t17-/m1/s1. The van der Waals surface area contributed by atoms with E-state index >= 15 is 0 Å². The highest BCUT2D eigenvalue weighted by Gasteiger charge is 2.38. The SMILES string of the molecule is O=C(CC[C@H]1NC(=O)N(Cc2ccc3c(c2)OCO3)C1=O)NCCC1=CCCCC1. The molecule has 0 saturated carbocycles. The molecule has 1 aromatic rings. The van der Waals surface area contributed by atoms with Gasteiger partial charge in [-0.2, -0.15) is 0 Å². The normalized spacial score (nSPS) is 20.2. The van der Waals surface area contributed by atoms with Crippen LogP contribution >= 0.6 is 0 Å². The number of imide groups is 1. The molecule has 4 amide bonds. The molecule has 8 heteroatoms. The Bertz CT molecular complexity index is 866. The Morgan fingerprint density at radius 3 is 2.90 bits per heavy atom. The van der Waals surface area contributed by atoms with E-state index < -0.39 is 12.1 Å². The molecular weight excluding hydrogens is 386 g/mol. The van der Waals surface area contributed by atoms with Crippen molar-refractivity contribution in [3.05, 3.63) is 35.4 Å². The van der Waals surface area contributed by atoms with Gasteiger partial charge in [0, 0.05) is 13.0 Å². The van der Waals surface area contributed by atoms with E-state index in [0.717, 1.165) is 24.8 Å². The van der Waals surface area contributed by atoms with Crippen LogP contribution in [-0.4, -0.2) is 42.1 Å². The maximum absolute atomic E-state index is 12.6. The summed E-state index contributed by atoms with van der Waals surface area (Å²) in [6.45, 7) is 0.939. The fourth-order valence-electron chi connectivity index (χ4n) is 4.00. The van der Waals surface area contributed by atoms with Crippen LogP contribution < -0.4 is 20.1 Å². The number of carbonyl (C=O) groups is 3. The van der Waals surface area contributed by atoms with Crippen LogP contribution in [0, 0.1) is 0 Å². The molecule has 0 spiro atoms. The number of rotatable bonds is 8. The minimum absolute atomic E-state index is 0.0947. The van der Waals surface area contributed by atoms with Gasteiger partial charge in [-0.05, 0) is 56.2 Å². The molecule has 4 rings (SSSR count). The Balaban J connectivity index is 1.22. The third-order valence-corrected chi connectivity index (χ3v) is 5.70. The topological polar surface area (TPSA) is 97.0 Å². The van der Waals surface area contributed by atoms with Gasteiger partial charge < -0.3 is 20.1 Å². The maximum Gasteiger partial charge on any atom is 0.325 e. The van der Waals surface area contributed by atoms with Crippen LogP contribution in [0.3, 0.4) is 0 Å². The van der Waals surface area contributed by atoms with Gasteiger partial charge in [0.1, 0.15) is 6.04 Å². The quantitative estimate of drug-likeness (QED) is 0.504. The summed E-state index contributed by atoms with van der Waals surface area (Å²) in [7, 11) is 0. The molecule has 3 aliphatic rings. The minimum Gasteiger partial charge on any atom is -0.454 e. The minimum atomic E-state index is -0.668. The molecule has 1 aromatic carbocycles. The van der Waals surface area contributed by atoms with Crippen molar-refractivity contribution in [3.63, 3.8) is 0 Å². The average molecular weight is 413 g/mol. The van der Waals surface area contributed by atoms with E-state index in [1.807, 2.05) is 0 Å². The van der Waals surface area contributed by atoms with Crippen molar-refractivity contribution in [1.29, 1.82) is 0 Å². The van der Waals surface area contributed by atoms with Gasteiger partial charge in [-0.3, -0.25) is 14.5 Å². The van der Waals surface area contributed by atoms with Crippen LogP contribution in [0.2, 0.25) is 0 Å². The van der Waals surface area contributed by atoms with E-state index in [0.29, 0.717) is 18.0 Å². The Kier molecular flexibility index (Phi) is 6.21. The molecule has 1 atom stereocenters. The number of allylic oxidation sites excluding steroid dienone is 1.